The summed E-state index contributed by atoms with van der Waals surface area (Å²) in [5.74, 6) is -0.645. The maximum absolute atomic E-state index is 12.0. The first-order chi connectivity index (χ1) is 5.07. The summed E-state index contributed by atoms with van der Waals surface area (Å²) < 4.78 is 34.9. The zero-order valence-corrected chi connectivity index (χ0v) is 6.91. The van der Waals surface area contributed by atoms with Gasteiger partial charge in [-0.15, -0.1) is 12.4 Å². The molecule has 0 aliphatic rings. The van der Waals surface area contributed by atoms with Crippen molar-refractivity contribution in [3.63, 3.8) is 0 Å². The van der Waals surface area contributed by atoms with Crippen molar-refractivity contribution in [2.24, 2.45) is 5.73 Å². The number of rotatable bonds is 4. The first-order valence-corrected chi connectivity index (χ1v) is 2.97. The number of hydrogen-bond acceptors (Lipinski definition) is 2. The Bertz CT molecular complexity index is 136. The highest BCUT2D eigenvalue weighted by Crippen LogP contribution is 2.02. The third-order valence-corrected chi connectivity index (χ3v) is 0.953. The summed E-state index contributed by atoms with van der Waals surface area (Å²) in [6.07, 6.45) is -5.38. The van der Waals surface area contributed by atoms with Crippen LogP contribution in [-0.4, -0.2) is 31.6 Å². The Kier molecular flexibility index (Phi) is 8.41. The fourth-order valence-corrected chi connectivity index (χ4v) is 0.373. The van der Waals surface area contributed by atoms with Gasteiger partial charge in [0.15, 0.2) is 6.17 Å². The third-order valence-electron chi connectivity index (χ3n) is 0.953. The molecule has 0 saturated carbocycles. The van der Waals surface area contributed by atoms with Crippen LogP contribution in [0.1, 0.15) is 0 Å². The molecule has 0 spiro atoms. The lowest BCUT2D eigenvalue weighted by Gasteiger charge is -2.06. The molecule has 0 aliphatic heterocycles. The average Bonchev–Trinajstić information content (AvgIpc) is 1.99. The van der Waals surface area contributed by atoms with E-state index >= 15 is 0 Å². The zero-order chi connectivity index (χ0) is 8.85. The fourth-order valence-electron chi connectivity index (χ4n) is 0.373. The second-order valence-corrected chi connectivity index (χ2v) is 1.86. The monoisotopic (exact) mass is 206 g/mol. The van der Waals surface area contributed by atoms with Crippen molar-refractivity contribution in [1.82, 2.24) is 5.32 Å². The van der Waals surface area contributed by atoms with Crippen molar-refractivity contribution >= 4 is 18.3 Å². The molecule has 3 N–H and O–H groups in total. The quantitative estimate of drug-likeness (QED) is 0.685. The number of amides is 1. The molecule has 0 heterocycles. The van der Waals surface area contributed by atoms with Crippen molar-refractivity contribution in [2.45, 2.75) is 12.6 Å². The molecule has 0 rings (SSSR count). The molecule has 1 unspecified atom stereocenters. The van der Waals surface area contributed by atoms with Crippen LogP contribution in [0.5, 0.6) is 0 Å². The van der Waals surface area contributed by atoms with E-state index in [0.717, 1.165) is 0 Å². The largest absolute Gasteiger partial charge is 0.352 e. The standard InChI is InChI=1S/C5H9F3N2O.ClH/c6-3(5(7)8)2-10-4(11)1-9;/h3,5H,1-2,9H2,(H,10,11);1H. The molecule has 0 aromatic rings. The van der Waals surface area contributed by atoms with Crippen molar-refractivity contribution in [2.75, 3.05) is 13.1 Å². The van der Waals surface area contributed by atoms with Crippen molar-refractivity contribution < 1.29 is 18.0 Å². The fraction of sp³-hybridized carbons (Fsp3) is 0.800. The Morgan fingerprint density at radius 3 is 2.25 bits per heavy atom. The van der Waals surface area contributed by atoms with Crippen LogP contribution in [0.4, 0.5) is 13.2 Å². The molecule has 0 radical (unpaired) electrons. The van der Waals surface area contributed by atoms with E-state index in [9.17, 15) is 18.0 Å². The normalized spacial score (nSPS) is 12.1. The van der Waals surface area contributed by atoms with Crippen LogP contribution < -0.4 is 11.1 Å². The Balaban J connectivity index is 0. The number of nitrogens with two attached hydrogens (primary N) is 1. The van der Waals surface area contributed by atoms with Crippen LogP contribution >= 0.6 is 12.4 Å². The number of carbonyl (C=O) groups is 1. The summed E-state index contributed by atoms with van der Waals surface area (Å²) in [6, 6.07) is 0. The number of alkyl halides is 3. The predicted octanol–water partition coefficient (Wildman–Crippen LogP) is 0.0863. The summed E-state index contributed by atoms with van der Waals surface area (Å²) in [5.41, 5.74) is 4.81. The van der Waals surface area contributed by atoms with Gasteiger partial charge in [0, 0.05) is 0 Å². The minimum absolute atomic E-state index is 0. The zero-order valence-electron chi connectivity index (χ0n) is 6.10. The molecule has 0 aromatic heterocycles. The van der Waals surface area contributed by atoms with Crippen LogP contribution in [0.15, 0.2) is 0 Å². The topological polar surface area (TPSA) is 55.1 Å². The smallest absolute Gasteiger partial charge is 0.271 e. The van der Waals surface area contributed by atoms with Gasteiger partial charge in [0.25, 0.3) is 6.43 Å². The maximum atomic E-state index is 12.0. The minimum atomic E-state index is -3.06. The Morgan fingerprint density at radius 2 is 1.92 bits per heavy atom. The van der Waals surface area contributed by atoms with Gasteiger partial charge < -0.3 is 11.1 Å². The maximum Gasteiger partial charge on any atom is 0.271 e. The molecular weight excluding hydrogens is 197 g/mol. The van der Waals surface area contributed by atoms with Gasteiger partial charge in [-0.3, -0.25) is 4.79 Å². The lowest BCUT2D eigenvalue weighted by atomic mass is 10.4. The molecular formula is C5H10ClF3N2O. The summed E-state index contributed by atoms with van der Waals surface area (Å²) in [7, 11) is 0. The van der Waals surface area contributed by atoms with Crippen LogP contribution in [-0.2, 0) is 4.79 Å². The third kappa shape index (κ3) is 6.23. The molecule has 0 saturated heterocycles. The van der Waals surface area contributed by atoms with Crippen molar-refractivity contribution in [3.8, 4) is 0 Å². The molecule has 0 bridgehead atoms. The minimum Gasteiger partial charge on any atom is -0.352 e. The molecule has 3 nitrogen and oxygen atoms in total. The van der Waals surface area contributed by atoms with E-state index in [2.05, 4.69) is 0 Å². The lowest BCUT2D eigenvalue weighted by molar-refractivity contribution is -0.120. The highest BCUT2D eigenvalue weighted by molar-refractivity contribution is 5.85. The van der Waals surface area contributed by atoms with Gasteiger partial charge in [-0.1, -0.05) is 0 Å². The highest BCUT2D eigenvalue weighted by atomic mass is 35.5. The number of halogens is 4. The first-order valence-electron chi connectivity index (χ1n) is 2.97. The lowest BCUT2D eigenvalue weighted by Crippen LogP contribution is -2.37. The van der Waals surface area contributed by atoms with Crippen molar-refractivity contribution in [1.29, 1.82) is 0 Å². The Morgan fingerprint density at radius 1 is 1.42 bits per heavy atom. The van der Waals surface area contributed by atoms with E-state index < -0.39 is 25.0 Å². The second kappa shape index (κ2) is 7.17. The SMILES string of the molecule is Cl.NCC(=O)NCC(F)C(F)F. The van der Waals surface area contributed by atoms with Gasteiger partial charge in [-0.05, 0) is 0 Å². The van der Waals surface area contributed by atoms with E-state index in [0.29, 0.717) is 0 Å². The molecule has 7 heteroatoms. The summed E-state index contributed by atoms with van der Waals surface area (Å²) in [4.78, 5) is 10.3. The molecule has 0 fully saturated rings. The van der Waals surface area contributed by atoms with Gasteiger partial charge in [0.1, 0.15) is 0 Å². The van der Waals surface area contributed by atoms with Gasteiger partial charge >= 0.3 is 0 Å². The first kappa shape index (κ1) is 14.1. The molecule has 1 atom stereocenters. The molecule has 12 heavy (non-hydrogen) atoms. The van der Waals surface area contributed by atoms with Crippen molar-refractivity contribution in [3.05, 3.63) is 0 Å². The summed E-state index contributed by atoms with van der Waals surface area (Å²) in [6.45, 7) is -1.01. The molecule has 0 aliphatic carbocycles. The van der Waals surface area contributed by atoms with Crippen LogP contribution in [0.2, 0.25) is 0 Å². The van der Waals surface area contributed by atoms with Gasteiger partial charge in [-0.25, -0.2) is 13.2 Å². The van der Waals surface area contributed by atoms with Crippen LogP contribution in [0.3, 0.4) is 0 Å². The van der Waals surface area contributed by atoms with Gasteiger partial charge in [-0.2, -0.15) is 0 Å². The Labute approximate surface area is 73.9 Å². The van der Waals surface area contributed by atoms with E-state index in [1.54, 1.807) is 0 Å². The summed E-state index contributed by atoms with van der Waals surface area (Å²) in [5, 5.41) is 1.89. The molecule has 74 valence electrons. The second-order valence-electron chi connectivity index (χ2n) is 1.86. The summed E-state index contributed by atoms with van der Waals surface area (Å²) >= 11 is 0. The van der Waals surface area contributed by atoms with Crippen LogP contribution in [0, 0.1) is 0 Å². The molecule has 1 amide bonds. The van der Waals surface area contributed by atoms with Gasteiger partial charge in [0.2, 0.25) is 5.91 Å². The molecule has 0 aromatic carbocycles. The predicted molar refractivity (Wildman–Crippen MR) is 40.2 cm³/mol. The van der Waals surface area contributed by atoms with E-state index in [4.69, 9.17) is 5.73 Å². The number of carbonyl (C=O) groups excluding carboxylic acids is 1. The highest BCUT2D eigenvalue weighted by Gasteiger charge is 2.18. The number of hydrogen-bond donors (Lipinski definition) is 2. The number of nitrogens with one attached hydrogen (secondary N) is 1. The van der Waals surface area contributed by atoms with E-state index in [1.165, 1.54) is 0 Å². The Hall–Kier alpha value is -0.490. The average molecular weight is 207 g/mol. The van der Waals surface area contributed by atoms with E-state index in [-0.39, 0.29) is 19.0 Å². The van der Waals surface area contributed by atoms with Crippen LogP contribution in [0.25, 0.3) is 0 Å². The van der Waals surface area contributed by atoms with Gasteiger partial charge in [0.05, 0.1) is 13.1 Å². The van der Waals surface area contributed by atoms with E-state index in [1.807, 2.05) is 5.32 Å².